The molecule has 0 unspecified atom stereocenters. The Kier molecular flexibility index (Phi) is 6.90. The zero-order valence-corrected chi connectivity index (χ0v) is 19.2. The van der Waals surface area contributed by atoms with Crippen molar-refractivity contribution in [1.82, 2.24) is 28.7 Å². The monoisotopic (exact) mass is 458 g/mol. The Morgan fingerprint density at radius 2 is 2.00 bits per heavy atom. The summed E-state index contributed by atoms with van der Waals surface area (Å²) < 4.78 is 31.4. The summed E-state index contributed by atoms with van der Waals surface area (Å²) in [5.74, 6) is 0.747. The van der Waals surface area contributed by atoms with E-state index in [0.717, 1.165) is 43.6 Å². The van der Waals surface area contributed by atoms with E-state index in [2.05, 4.69) is 15.3 Å². The molecule has 10 heteroatoms. The second-order valence-electron chi connectivity index (χ2n) is 8.21. The lowest BCUT2D eigenvalue weighted by molar-refractivity contribution is -0.121. The van der Waals surface area contributed by atoms with Crippen LogP contribution in [-0.2, 0) is 34.8 Å². The van der Waals surface area contributed by atoms with Gasteiger partial charge in [0.25, 0.3) is 0 Å². The van der Waals surface area contributed by atoms with Crippen LogP contribution in [0.1, 0.15) is 37.9 Å². The molecule has 1 aliphatic heterocycles. The minimum atomic E-state index is -3.50. The van der Waals surface area contributed by atoms with Crippen molar-refractivity contribution >= 4 is 27.0 Å². The number of nitrogens with zero attached hydrogens (tertiary/aromatic N) is 5. The van der Waals surface area contributed by atoms with Gasteiger partial charge in [-0.25, -0.2) is 18.4 Å². The number of benzene rings is 1. The van der Waals surface area contributed by atoms with Crippen molar-refractivity contribution in [2.75, 3.05) is 19.6 Å². The molecule has 0 atom stereocenters. The van der Waals surface area contributed by atoms with Gasteiger partial charge in [-0.3, -0.25) is 4.79 Å². The van der Waals surface area contributed by atoms with Crippen LogP contribution in [0.4, 0.5) is 0 Å². The van der Waals surface area contributed by atoms with Gasteiger partial charge in [0.15, 0.2) is 0 Å². The Morgan fingerprint density at radius 1 is 1.19 bits per heavy atom. The molecule has 3 heterocycles. The number of amides is 1. The molecule has 1 aliphatic rings. The van der Waals surface area contributed by atoms with Gasteiger partial charge in [0.2, 0.25) is 15.9 Å². The van der Waals surface area contributed by atoms with E-state index >= 15 is 0 Å². The number of rotatable bonds is 9. The summed E-state index contributed by atoms with van der Waals surface area (Å²) in [5.41, 5.74) is 1.50. The summed E-state index contributed by atoms with van der Waals surface area (Å²) >= 11 is 0. The Balaban J connectivity index is 1.36. The molecular formula is C22H30N6O3S. The van der Waals surface area contributed by atoms with Crippen LogP contribution in [0.3, 0.4) is 0 Å². The van der Waals surface area contributed by atoms with Crippen LogP contribution in [0.5, 0.6) is 0 Å². The highest BCUT2D eigenvalue weighted by atomic mass is 32.2. The summed E-state index contributed by atoms with van der Waals surface area (Å²) in [7, 11) is -1.60. The van der Waals surface area contributed by atoms with Gasteiger partial charge in [0, 0.05) is 58.5 Å². The minimum Gasteiger partial charge on any atom is -0.356 e. The smallest absolute Gasteiger partial charge is 0.243 e. The molecule has 32 heavy (non-hydrogen) atoms. The number of hydrogen-bond donors (Lipinski definition) is 1. The van der Waals surface area contributed by atoms with Crippen molar-refractivity contribution in [2.24, 2.45) is 7.05 Å². The summed E-state index contributed by atoms with van der Waals surface area (Å²) in [5, 5.41) is 2.94. The van der Waals surface area contributed by atoms with Gasteiger partial charge in [-0.15, -0.1) is 0 Å². The summed E-state index contributed by atoms with van der Waals surface area (Å²) in [6, 6.07) is 5.11. The molecule has 1 N–H and O–H groups in total. The first-order valence-electron chi connectivity index (χ1n) is 11.1. The molecule has 0 saturated carbocycles. The topological polar surface area (TPSA) is 102 Å². The van der Waals surface area contributed by atoms with E-state index in [-0.39, 0.29) is 10.8 Å². The largest absolute Gasteiger partial charge is 0.356 e. The second kappa shape index (κ2) is 9.83. The number of hydrogen-bond acceptors (Lipinski definition) is 5. The number of piperidine rings is 1. The molecule has 0 spiro atoms. The third-order valence-corrected chi connectivity index (χ3v) is 7.84. The van der Waals surface area contributed by atoms with E-state index in [9.17, 15) is 13.2 Å². The number of aryl methyl sites for hydroxylation is 3. The molecule has 1 amide bonds. The maximum atomic E-state index is 13.0. The first-order chi connectivity index (χ1) is 15.4. The second-order valence-corrected chi connectivity index (χ2v) is 10.1. The van der Waals surface area contributed by atoms with E-state index in [1.165, 1.54) is 0 Å². The standard InChI is InChI=1S/C22H30N6O3S/c1-26-20-7-6-18(32(30,31)28-13-3-2-4-14-28)16-19(20)25-21(26)8-9-22(29)24-10-5-12-27-15-11-23-17-27/h6-7,11,15-17H,2-5,8-10,12-14H2,1H3,(H,24,29). The minimum absolute atomic E-state index is 0.0175. The first kappa shape index (κ1) is 22.5. The highest BCUT2D eigenvalue weighted by Crippen LogP contribution is 2.24. The van der Waals surface area contributed by atoms with Crippen molar-refractivity contribution in [1.29, 1.82) is 0 Å². The Morgan fingerprint density at radius 3 is 2.75 bits per heavy atom. The summed E-state index contributed by atoms with van der Waals surface area (Å²) in [6.07, 6.45) is 9.94. The average molecular weight is 459 g/mol. The van der Waals surface area contributed by atoms with Crippen molar-refractivity contribution in [3.8, 4) is 0 Å². The lowest BCUT2D eigenvalue weighted by Crippen LogP contribution is -2.35. The Hall–Kier alpha value is -2.72. The van der Waals surface area contributed by atoms with Gasteiger partial charge in [-0.1, -0.05) is 6.42 Å². The fourth-order valence-electron chi connectivity index (χ4n) is 4.09. The quantitative estimate of drug-likeness (QED) is 0.495. The number of aromatic nitrogens is 4. The number of sulfonamides is 1. The molecule has 4 rings (SSSR count). The van der Waals surface area contributed by atoms with Gasteiger partial charge >= 0.3 is 0 Å². The third-order valence-electron chi connectivity index (χ3n) is 5.95. The predicted molar refractivity (Wildman–Crippen MR) is 121 cm³/mol. The molecule has 0 bridgehead atoms. The van der Waals surface area contributed by atoms with Crippen molar-refractivity contribution in [3.05, 3.63) is 42.7 Å². The van der Waals surface area contributed by atoms with Crippen LogP contribution in [0.2, 0.25) is 0 Å². The molecule has 9 nitrogen and oxygen atoms in total. The number of nitrogens with one attached hydrogen (secondary N) is 1. The van der Waals surface area contributed by atoms with Gasteiger partial charge in [-0.05, 0) is 37.5 Å². The molecule has 1 fully saturated rings. The van der Waals surface area contributed by atoms with Crippen LogP contribution >= 0.6 is 0 Å². The molecule has 3 aromatic rings. The zero-order chi connectivity index (χ0) is 22.6. The van der Waals surface area contributed by atoms with E-state index in [1.54, 1.807) is 35.0 Å². The van der Waals surface area contributed by atoms with Gasteiger partial charge < -0.3 is 14.5 Å². The number of fused-ring (bicyclic) bond motifs is 1. The summed E-state index contributed by atoms with van der Waals surface area (Å²) in [4.78, 5) is 21.1. The maximum Gasteiger partial charge on any atom is 0.243 e. The van der Waals surface area contributed by atoms with Crippen LogP contribution < -0.4 is 5.32 Å². The number of imidazole rings is 2. The molecule has 0 aliphatic carbocycles. The lowest BCUT2D eigenvalue weighted by Gasteiger charge is -2.25. The molecule has 0 radical (unpaired) electrons. The zero-order valence-electron chi connectivity index (χ0n) is 18.4. The third kappa shape index (κ3) is 5.02. The van der Waals surface area contributed by atoms with E-state index in [1.807, 2.05) is 22.4 Å². The van der Waals surface area contributed by atoms with E-state index in [4.69, 9.17) is 0 Å². The molecule has 1 aromatic carbocycles. The fraction of sp³-hybridized carbons (Fsp3) is 0.500. The number of carbonyl (C=O) groups is 1. The SMILES string of the molecule is Cn1c(CCC(=O)NCCCn2ccnc2)nc2cc(S(=O)(=O)N3CCCCC3)ccc21. The average Bonchev–Trinajstić information content (AvgIpc) is 3.43. The van der Waals surface area contributed by atoms with Crippen LogP contribution in [0, 0.1) is 0 Å². The van der Waals surface area contributed by atoms with Crippen LogP contribution in [0.15, 0.2) is 41.8 Å². The Bertz CT molecular complexity index is 1160. The summed E-state index contributed by atoms with van der Waals surface area (Å²) in [6.45, 7) is 2.57. The molecule has 2 aromatic heterocycles. The van der Waals surface area contributed by atoms with Crippen molar-refractivity contribution < 1.29 is 13.2 Å². The van der Waals surface area contributed by atoms with E-state index < -0.39 is 10.0 Å². The molecule has 172 valence electrons. The molecular weight excluding hydrogens is 428 g/mol. The highest BCUT2D eigenvalue weighted by molar-refractivity contribution is 7.89. The number of carbonyl (C=O) groups excluding carboxylic acids is 1. The normalized spacial score (nSPS) is 15.3. The fourth-order valence-corrected chi connectivity index (χ4v) is 5.63. The highest BCUT2D eigenvalue weighted by Gasteiger charge is 2.26. The van der Waals surface area contributed by atoms with Crippen LogP contribution in [-0.4, -0.2) is 57.4 Å². The van der Waals surface area contributed by atoms with Gasteiger partial charge in [-0.2, -0.15) is 4.31 Å². The Labute approximate surface area is 188 Å². The maximum absolute atomic E-state index is 13.0. The predicted octanol–water partition coefficient (Wildman–Crippen LogP) is 2.08. The van der Waals surface area contributed by atoms with Crippen molar-refractivity contribution in [3.63, 3.8) is 0 Å². The van der Waals surface area contributed by atoms with Crippen LogP contribution in [0.25, 0.3) is 11.0 Å². The van der Waals surface area contributed by atoms with Crippen molar-refractivity contribution in [2.45, 2.75) is 50.0 Å². The van der Waals surface area contributed by atoms with Gasteiger partial charge in [0.05, 0.1) is 22.3 Å². The van der Waals surface area contributed by atoms with Gasteiger partial charge in [0.1, 0.15) is 5.82 Å². The van der Waals surface area contributed by atoms with E-state index in [0.29, 0.717) is 38.0 Å². The lowest BCUT2D eigenvalue weighted by atomic mass is 10.2. The first-order valence-corrected chi connectivity index (χ1v) is 12.6. The molecule has 1 saturated heterocycles.